The van der Waals surface area contributed by atoms with Gasteiger partial charge in [-0.15, -0.1) is 11.6 Å². The van der Waals surface area contributed by atoms with Gasteiger partial charge in [-0.1, -0.05) is 12.1 Å². The molecule has 0 fully saturated rings. The summed E-state index contributed by atoms with van der Waals surface area (Å²) < 4.78 is 28.1. The summed E-state index contributed by atoms with van der Waals surface area (Å²) in [6.07, 6.45) is 0. The Morgan fingerprint density at radius 2 is 1.94 bits per heavy atom. The standard InChI is InChI=1S/C12H14ClF2NO2/c1-8(13)11(17)16(2)7-9-3-5-10(6-4-9)18-12(14)15/h3-6,8,12H,7H2,1-2H3. The Labute approximate surface area is 109 Å². The Morgan fingerprint density at radius 3 is 2.39 bits per heavy atom. The third kappa shape index (κ3) is 4.49. The number of alkyl halides is 3. The topological polar surface area (TPSA) is 29.5 Å². The highest BCUT2D eigenvalue weighted by atomic mass is 35.5. The molecule has 0 radical (unpaired) electrons. The van der Waals surface area contributed by atoms with E-state index in [0.717, 1.165) is 5.56 Å². The van der Waals surface area contributed by atoms with Gasteiger partial charge >= 0.3 is 6.61 Å². The van der Waals surface area contributed by atoms with Crippen molar-refractivity contribution in [3.8, 4) is 5.75 Å². The second kappa shape index (κ2) is 6.54. The summed E-state index contributed by atoms with van der Waals surface area (Å²) in [6.45, 7) is -0.873. The van der Waals surface area contributed by atoms with Gasteiger partial charge in [-0.2, -0.15) is 8.78 Å². The van der Waals surface area contributed by atoms with Crippen LogP contribution in [0.25, 0.3) is 0 Å². The molecule has 1 unspecified atom stereocenters. The van der Waals surface area contributed by atoms with Crippen LogP contribution in [-0.4, -0.2) is 29.8 Å². The van der Waals surface area contributed by atoms with Crippen molar-refractivity contribution >= 4 is 17.5 Å². The highest BCUT2D eigenvalue weighted by molar-refractivity contribution is 6.30. The van der Waals surface area contributed by atoms with Crippen molar-refractivity contribution in [2.24, 2.45) is 0 Å². The maximum absolute atomic E-state index is 11.9. The molecule has 0 heterocycles. The molecule has 0 aromatic heterocycles. The van der Waals surface area contributed by atoms with Crippen LogP contribution >= 0.6 is 11.6 Å². The van der Waals surface area contributed by atoms with Crippen molar-refractivity contribution in [1.29, 1.82) is 0 Å². The molecule has 3 nitrogen and oxygen atoms in total. The van der Waals surface area contributed by atoms with Crippen LogP contribution in [0.1, 0.15) is 12.5 Å². The number of benzene rings is 1. The third-order valence-corrected chi connectivity index (χ3v) is 2.47. The zero-order valence-corrected chi connectivity index (χ0v) is 10.8. The van der Waals surface area contributed by atoms with Crippen molar-refractivity contribution in [2.45, 2.75) is 25.5 Å². The number of rotatable bonds is 5. The van der Waals surface area contributed by atoms with Crippen LogP contribution < -0.4 is 4.74 Å². The fourth-order valence-corrected chi connectivity index (χ4v) is 1.60. The molecular formula is C12H14ClF2NO2. The first-order valence-corrected chi connectivity index (χ1v) is 5.76. The van der Waals surface area contributed by atoms with Crippen molar-refractivity contribution < 1.29 is 18.3 Å². The van der Waals surface area contributed by atoms with E-state index in [1.165, 1.54) is 17.0 Å². The van der Waals surface area contributed by atoms with E-state index in [9.17, 15) is 13.6 Å². The number of carbonyl (C=O) groups excluding carboxylic acids is 1. The lowest BCUT2D eigenvalue weighted by Gasteiger charge is -2.18. The summed E-state index contributed by atoms with van der Waals surface area (Å²) in [5.41, 5.74) is 0.810. The van der Waals surface area contributed by atoms with E-state index < -0.39 is 12.0 Å². The molecule has 0 N–H and O–H groups in total. The van der Waals surface area contributed by atoms with E-state index in [1.807, 2.05) is 0 Å². The quantitative estimate of drug-likeness (QED) is 0.775. The summed E-state index contributed by atoms with van der Waals surface area (Å²) in [5.74, 6) is -0.0991. The first-order chi connectivity index (χ1) is 8.40. The molecule has 0 saturated heterocycles. The van der Waals surface area contributed by atoms with Gasteiger partial charge < -0.3 is 9.64 Å². The predicted molar refractivity (Wildman–Crippen MR) is 64.9 cm³/mol. The van der Waals surface area contributed by atoms with Gasteiger partial charge in [-0.3, -0.25) is 4.79 Å². The molecule has 0 aliphatic carbocycles. The molecule has 1 aromatic carbocycles. The Kier molecular flexibility index (Phi) is 5.34. The van der Waals surface area contributed by atoms with E-state index >= 15 is 0 Å². The summed E-state index contributed by atoms with van der Waals surface area (Å²) in [4.78, 5) is 13.0. The van der Waals surface area contributed by atoms with Gasteiger partial charge in [0.25, 0.3) is 0 Å². The molecule has 1 amide bonds. The van der Waals surface area contributed by atoms with Crippen LogP contribution in [0.5, 0.6) is 5.75 Å². The molecule has 1 rings (SSSR count). The lowest BCUT2D eigenvalue weighted by atomic mass is 10.2. The summed E-state index contributed by atoms with van der Waals surface area (Å²) in [7, 11) is 1.63. The summed E-state index contributed by atoms with van der Waals surface area (Å²) in [5, 5.41) is -0.587. The van der Waals surface area contributed by atoms with E-state index in [-0.39, 0.29) is 11.7 Å². The second-order valence-electron chi connectivity index (χ2n) is 3.83. The third-order valence-electron chi connectivity index (χ3n) is 2.28. The van der Waals surface area contributed by atoms with Crippen molar-refractivity contribution in [3.63, 3.8) is 0 Å². The van der Waals surface area contributed by atoms with Crippen LogP contribution in [0.2, 0.25) is 0 Å². The van der Waals surface area contributed by atoms with Crippen molar-refractivity contribution in [2.75, 3.05) is 7.05 Å². The fraction of sp³-hybridized carbons (Fsp3) is 0.417. The van der Waals surface area contributed by atoms with Crippen LogP contribution in [0.15, 0.2) is 24.3 Å². The predicted octanol–water partition coefficient (Wildman–Crippen LogP) is 2.87. The van der Waals surface area contributed by atoms with E-state index in [4.69, 9.17) is 11.6 Å². The van der Waals surface area contributed by atoms with Gasteiger partial charge in [0.15, 0.2) is 0 Å². The van der Waals surface area contributed by atoms with E-state index in [0.29, 0.717) is 6.54 Å². The van der Waals surface area contributed by atoms with Crippen LogP contribution in [-0.2, 0) is 11.3 Å². The highest BCUT2D eigenvalue weighted by Gasteiger charge is 2.14. The maximum Gasteiger partial charge on any atom is 0.387 e. The van der Waals surface area contributed by atoms with Crippen molar-refractivity contribution in [3.05, 3.63) is 29.8 Å². The second-order valence-corrected chi connectivity index (χ2v) is 4.49. The molecule has 0 bridgehead atoms. The minimum absolute atomic E-state index is 0.0911. The average molecular weight is 278 g/mol. The lowest BCUT2D eigenvalue weighted by molar-refractivity contribution is -0.129. The molecule has 6 heteroatoms. The average Bonchev–Trinajstić information content (AvgIpc) is 2.29. The number of ether oxygens (including phenoxy) is 1. The molecule has 100 valence electrons. The smallest absolute Gasteiger partial charge is 0.387 e. The summed E-state index contributed by atoms with van der Waals surface area (Å²) in [6, 6.07) is 6.12. The lowest BCUT2D eigenvalue weighted by Crippen LogP contribution is -2.31. The van der Waals surface area contributed by atoms with E-state index in [2.05, 4.69) is 4.74 Å². The molecule has 0 aliphatic heterocycles. The maximum atomic E-state index is 11.9. The van der Waals surface area contributed by atoms with Crippen molar-refractivity contribution in [1.82, 2.24) is 4.90 Å². The van der Waals surface area contributed by atoms with Gasteiger partial charge in [0.1, 0.15) is 11.1 Å². The van der Waals surface area contributed by atoms with Gasteiger partial charge in [0.05, 0.1) is 0 Å². The number of amides is 1. The monoisotopic (exact) mass is 277 g/mol. The molecule has 0 spiro atoms. The Hall–Kier alpha value is -1.36. The Balaban J connectivity index is 2.61. The first-order valence-electron chi connectivity index (χ1n) is 5.33. The van der Waals surface area contributed by atoms with E-state index in [1.54, 1.807) is 26.1 Å². The number of halogens is 3. The molecule has 1 aromatic rings. The fourth-order valence-electron chi connectivity index (χ4n) is 1.43. The van der Waals surface area contributed by atoms with Crippen LogP contribution in [0, 0.1) is 0 Å². The minimum Gasteiger partial charge on any atom is -0.435 e. The zero-order chi connectivity index (χ0) is 13.7. The highest BCUT2D eigenvalue weighted by Crippen LogP contribution is 2.16. The SMILES string of the molecule is CC(Cl)C(=O)N(C)Cc1ccc(OC(F)F)cc1. The largest absolute Gasteiger partial charge is 0.435 e. The molecule has 1 atom stereocenters. The number of hydrogen-bond donors (Lipinski definition) is 0. The zero-order valence-electron chi connectivity index (χ0n) is 10.1. The number of carbonyl (C=O) groups is 1. The van der Waals surface area contributed by atoms with Gasteiger partial charge in [0, 0.05) is 13.6 Å². The Morgan fingerprint density at radius 1 is 1.39 bits per heavy atom. The van der Waals surface area contributed by atoms with Gasteiger partial charge in [0.2, 0.25) is 5.91 Å². The van der Waals surface area contributed by atoms with Gasteiger partial charge in [-0.05, 0) is 24.6 Å². The van der Waals surface area contributed by atoms with Gasteiger partial charge in [-0.25, -0.2) is 0 Å². The van der Waals surface area contributed by atoms with Crippen LogP contribution in [0.4, 0.5) is 8.78 Å². The molecule has 0 saturated carbocycles. The molecular weight excluding hydrogens is 264 g/mol. The molecule has 18 heavy (non-hydrogen) atoms. The minimum atomic E-state index is -2.84. The molecule has 0 aliphatic rings. The summed E-state index contributed by atoms with van der Waals surface area (Å²) >= 11 is 5.68. The number of hydrogen-bond acceptors (Lipinski definition) is 2. The first kappa shape index (κ1) is 14.7. The normalized spacial score (nSPS) is 12.3. The Bertz CT molecular complexity index is 396. The number of nitrogens with zero attached hydrogens (tertiary/aromatic N) is 1. The van der Waals surface area contributed by atoms with Crippen LogP contribution in [0.3, 0.4) is 0 Å².